The Bertz CT molecular complexity index is 474. The average molecular weight is 298 g/mol. The summed E-state index contributed by atoms with van der Waals surface area (Å²) in [5.41, 5.74) is 6.45. The molecule has 1 aromatic rings. The Morgan fingerprint density at radius 1 is 1.45 bits per heavy atom. The lowest BCUT2D eigenvalue weighted by Gasteiger charge is -2.24. The SMILES string of the molecule is CCN(CC(C)C(N)=NO)C(=O)Cc1ccc(Cl)cc1. The zero-order valence-electron chi connectivity index (χ0n) is 11.7. The first kappa shape index (κ1) is 16.3. The number of likely N-dealkylation sites (N-methyl/N-ethyl adjacent to an activating group) is 1. The van der Waals surface area contributed by atoms with Crippen molar-refractivity contribution in [2.24, 2.45) is 16.8 Å². The van der Waals surface area contributed by atoms with Crippen LogP contribution in [0.3, 0.4) is 0 Å². The van der Waals surface area contributed by atoms with Crippen LogP contribution in [0.2, 0.25) is 5.02 Å². The number of hydrogen-bond donors (Lipinski definition) is 2. The van der Waals surface area contributed by atoms with Gasteiger partial charge in [0.05, 0.1) is 6.42 Å². The number of nitrogens with zero attached hydrogens (tertiary/aromatic N) is 2. The number of halogens is 1. The maximum atomic E-state index is 12.2. The molecule has 1 amide bonds. The molecule has 0 aliphatic heterocycles. The summed E-state index contributed by atoms with van der Waals surface area (Å²) in [6.45, 7) is 4.72. The minimum Gasteiger partial charge on any atom is -0.409 e. The highest BCUT2D eigenvalue weighted by molar-refractivity contribution is 6.30. The predicted molar refractivity (Wildman–Crippen MR) is 80.0 cm³/mol. The zero-order valence-corrected chi connectivity index (χ0v) is 12.5. The largest absolute Gasteiger partial charge is 0.409 e. The van der Waals surface area contributed by atoms with Crippen molar-refractivity contribution >= 4 is 23.3 Å². The Kier molecular flexibility index (Phi) is 6.31. The van der Waals surface area contributed by atoms with E-state index in [1.807, 2.05) is 26.0 Å². The molecule has 1 unspecified atom stereocenters. The Balaban J connectivity index is 2.65. The molecule has 110 valence electrons. The van der Waals surface area contributed by atoms with Crippen LogP contribution in [0, 0.1) is 5.92 Å². The summed E-state index contributed by atoms with van der Waals surface area (Å²) in [7, 11) is 0. The topological polar surface area (TPSA) is 78.9 Å². The van der Waals surface area contributed by atoms with Crippen molar-refractivity contribution in [3.63, 3.8) is 0 Å². The molecule has 0 bridgehead atoms. The fraction of sp³-hybridized carbons (Fsp3) is 0.429. The van der Waals surface area contributed by atoms with Crippen molar-refractivity contribution < 1.29 is 10.0 Å². The van der Waals surface area contributed by atoms with Crippen LogP contribution in [0.5, 0.6) is 0 Å². The van der Waals surface area contributed by atoms with Gasteiger partial charge >= 0.3 is 0 Å². The van der Waals surface area contributed by atoms with E-state index in [4.69, 9.17) is 22.5 Å². The van der Waals surface area contributed by atoms with Gasteiger partial charge in [-0.2, -0.15) is 0 Å². The monoisotopic (exact) mass is 297 g/mol. The quantitative estimate of drug-likeness (QED) is 0.365. The lowest BCUT2D eigenvalue weighted by Crippen LogP contribution is -2.39. The number of oxime groups is 1. The van der Waals surface area contributed by atoms with Gasteiger partial charge < -0.3 is 15.8 Å². The summed E-state index contributed by atoms with van der Waals surface area (Å²) in [6, 6.07) is 7.20. The van der Waals surface area contributed by atoms with Crippen LogP contribution in [0.15, 0.2) is 29.4 Å². The third kappa shape index (κ3) is 4.74. The van der Waals surface area contributed by atoms with Crippen molar-refractivity contribution in [2.45, 2.75) is 20.3 Å². The summed E-state index contributed by atoms with van der Waals surface area (Å²) in [4.78, 5) is 13.9. The fourth-order valence-corrected chi connectivity index (χ4v) is 1.94. The second kappa shape index (κ2) is 7.75. The van der Waals surface area contributed by atoms with Crippen LogP contribution in [0.1, 0.15) is 19.4 Å². The molecule has 0 heterocycles. The minimum absolute atomic E-state index is 0.00686. The molecule has 0 aliphatic carbocycles. The highest BCUT2D eigenvalue weighted by Crippen LogP contribution is 2.11. The molecule has 0 fully saturated rings. The van der Waals surface area contributed by atoms with E-state index in [-0.39, 0.29) is 17.7 Å². The van der Waals surface area contributed by atoms with Crippen molar-refractivity contribution in [2.75, 3.05) is 13.1 Å². The highest BCUT2D eigenvalue weighted by atomic mass is 35.5. The summed E-state index contributed by atoms with van der Waals surface area (Å²) < 4.78 is 0. The van der Waals surface area contributed by atoms with Gasteiger partial charge in [-0.25, -0.2) is 0 Å². The molecular formula is C14H20ClN3O2. The number of carbonyl (C=O) groups is 1. The molecule has 0 aromatic heterocycles. The molecule has 5 nitrogen and oxygen atoms in total. The van der Waals surface area contributed by atoms with Gasteiger partial charge in [-0.15, -0.1) is 0 Å². The molecule has 0 saturated carbocycles. The van der Waals surface area contributed by atoms with E-state index < -0.39 is 0 Å². The first-order valence-electron chi connectivity index (χ1n) is 6.47. The van der Waals surface area contributed by atoms with Gasteiger partial charge in [0, 0.05) is 24.0 Å². The van der Waals surface area contributed by atoms with E-state index in [2.05, 4.69) is 5.16 Å². The second-order valence-electron chi connectivity index (χ2n) is 4.66. The first-order chi connectivity index (χ1) is 9.47. The number of amides is 1. The molecule has 1 atom stereocenters. The standard InChI is InChI=1S/C14H20ClN3O2/c1-3-18(9-10(2)14(16)17-20)13(19)8-11-4-6-12(15)7-5-11/h4-7,10,20H,3,8-9H2,1-2H3,(H2,16,17). The third-order valence-corrected chi connectivity index (χ3v) is 3.37. The molecule has 6 heteroatoms. The van der Waals surface area contributed by atoms with E-state index in [1.165, 1.54) is 0 Å². The lowest BCUT2D eigenvalue weighted by molar-refractivity contribution is -0.130. The van der Waals surface area contributed by atoms with E-state index in [9.17, 15) is 4.79 Å². The molecule has 0 radical (unpaired) electrons. The molecule has 20 heavy (non-hydrogen) atoms. The predicted octanol–water partition coefficient (Wildman–Crippen LogP) is 2.11. The molecule has 0 saturated heterocycles. The molecule has 1 rings (SSSR count). The van der Waals surface area contributed by atoms with Crippen molar-refractivity contribution in [1.82, 2.24) is 4.90 Å². The van der Waals surface area contributed by atoms with Crippen molar-refractivity contribution in [1.29, 1.82) is 0 Å². The van der Waals surface area contributed by atoms with Gasteiger partial charge in [-0.05, 0) is 24.6 Å². The van der Waals surface area contributed by atoms with Crippen molar-refractivity contribution in [3.8, 4) is 0 Å². The van der Waals surface area contributed by atoms with Gasteiger partial charge in [-0.3, -0.25) is 4.79 Å². The summed E-state index contributed by atoms with van der Waals surface area (Å²) in [5.74, 6) is -0.0516. The Labute approximate surface area is 124 Å². The van der Waals surface area contributed by atoms with Gasteiger partial charge in [0.25, 0.3) is 0 Å². The lowest BCUT2D eigenvalue weighted by atomic mass is 10.1. The number of hydrogen-bond acceptors (Lipinski definition) is 3. The maximum Gasteiger partial charge on any atom is 0.227 e. The molecule has 1 aromatic carbocycles. The van der Waals surface area contributed by atoms with E-state index in [0.717, 1.165) is 5.56 Å². The van der Waals surface area contributed by atoms with Gasteiger partial charge in [-0.1, -0.05) is 35.8 Å². The van der Waals surface area contributed by atoms with Crippen LogP contribution >= 0.6 is 11.6 Å². The summed E-state index contributed by atoms with van der Waals surface area (Å²) in [5, 5.41) is 12.3. The van der Waals surface area contributed by atoms with Crippen LogP contribution < -0.4 is 5.73 Å². The normalized spacial score (nSPS) is 13.1. The molecule has 0 spiro atoms. The molecule has 3 N–H and O–H groups in total. The average Bonchev–Trinajstić information content (AvgIpc) is 2.45. The highest BCUT2D eigenvalue weighted by Gasteiger charge is 2.17. The summed E-state index contributed by atoms with van der Waals surface area (Å²) >= 11 is 5.81. The van der Waals surface area contributed by atoms with E-state index >= 15 is 0 Å². The number of benzene rings is 1. The first-order valence-corrected chi connectivity index (χ1v) is 6.85. The second-order valence-corrected chi connectivity index (χ2v) is 5.10. The van der Waals surface area contributed by atoms with Gasteiger partial charge in [0.1, 0.15) is 5.84 Å². The Morgan fingerprint density at radius 2 is 2.05 bits per heavy atom. The van der Waals surface area contributed by atoms with Crippen LogP contribution in [0.4, 0.5) is 0 Å². The van der Waals surface area contributed by atoms with E-state index in [0.29, 0.717) is 24.5 Å². The van der Waals surface area contributed by atoms with Crippen molar-refractivity contribution in [3.05, 3.63) is 34.9 Å². The van der Waals surface area contributed by atoms with Gasteiger partial charge in [0.15, 0.2) is 0 Å². The zero-order chi connectivity index (χ0) is 15.1. The third-order valence-electron chi connectivity index (χ3n) is 3.12. The molecule has 0 aliphatic rings. The number of carbonyl (C=O) groups excluding carboxylic acids is 1. The number of amidine groups is 1. The number of rotatable bonds is 6. The minimum atomic E-state index is -0.186. The summed E-state index contributed by atoms with van der Waals surface area (Å²) in [6.07, 6.45) is 0.313. The van der Waals surface area contributed by atoms with E-state index in [1.54, 1.807) is 17.0 Å². The van der Waals surface area contributed by atoms with Crippen LogP contribution in [0.25, 0.3) is 0 Å². The molecular weight excluding hydrogens is 278 g/mol. The fourth-order valence-electron chi connectivity index (χ4n) is 1.82. The van der Waals surface area contributed by atoms with Gasteiger partial charge in [0.2, 0.25) is 5.91 Å². The number of nitrogens with two attached hydrogens (primary N) is 1. The smallest absolute Gasteiger partial charge is 0.227 e. The van der Waals surface area contributed by atoms with Crippen LogP contribution in [-0.4, -0.2) is 34.9 Å². The van der Waals surface area contributed by atoms with Crippen LogP contribution in [-0.2, 0) is 11.2 Å². The Hall–Kier alpha value is -1.75. The Morgan fingerprint density at radius 3 is 2.55 bits per heavy atom. The maximum absolute atomic E-state index is 12.2.